The van der Waals surface area contributed by atoms with Crippen LogP contribution >= 0.6 is 0 Å². The summed E-state index contributed by atoms with van der Waals surface area (Å²) in [6.07, 6.45) is 1.24. The van der Waals surface area contributed by atoms with Gasteiger partial charge in [0.05, 0.1) is 19.0 Å². The van der Waals surface area contributed by atoms with Crippen molar-refractivity contribution < 1.29 is 9.18 Å². The fourth-order valence-electron chi connectivity index (χ4n) is 3.65. The van der Waals surface area contributed by atoms with Crippen LogP contribution in [0.2, 0.25) is 0 Å². The van der Waals surface area contributed by atoms with Gasteiger partial charge in [0.1, 0.15) is 5.82 Å². The van der Waals surface area contributed by atoms with E-state index in [2.05, 4.69) is 15.9 Å². The number of amides is 1. The number of nitrogens with zero attached hydrogens (tertiary/aromatic N) is 4. The van der Waals surface area contributed by atoms with Crippen LogP contribution in [0.15, 0.2) is 54.6 Å². The van der Waals surface area contributed by atoms with E-state index in [1.54, 1.807) is 11.0 Å². The minimum atomic E-state index is -0.167. The molecule has 0 bridgehead atoms. The van der Waals surface area contributed by atoms with Gasteiger partial charge >= 0.3 is 0 Å². The maximum Gasteiger partial charge on any atom is 0.241 e. The van der Waals surface area contributed by atoms with Gasteiger partial charge in [-0.3, -0.25) is 14.6 Å². The smallest absolute Gasteiger partial charge is 0.241 e. The van der Waals surface area contributed by atoms with Crippen molar-refractivity contribution in [3.8, 4) is 6.07 Å². The van der Waals surface area contributed by atoms with Gasteiger partial charge < -0.3 is 4.90 Å². The summed E-state index contributed by atoms with van der Waals surface area (Å²) >= 11 is 0. The molecule has 3 rings (SSSR count). The van der Waals surface area contributed by atoms with E-state index in [0.717, 1.165) is 38.3 Å². The molecule has 2 aromatic rings. The predicted molar refractivity (Wildman–Crippen MR) is 112 cm³/mol. The molecule has 0 saturated carbocycles. The molecule has 1 heterocycles. The van der Waals surface area contributed by atoms with E-state index in [1.807, 2.05) is 42.5 Å². The van der Waals surface area contributed by atoms with Gasteiger partial charge in [0.25, 0.3) is 0 Å². The predicted octanol–water partition coefficient (Wildman–Crippen LogP) is 3.28. The zero-order valence-electron chi connectivity index (χ0n) is 16.6. The maximum atomic E-state index is 13.9. The van der Waals surface area contributed by atoms with Crippen LogP contribution in [0.3, 0.4) is 0 Å². The first-order valence-electron chi connectivity index (χ1n) is 10.1. The highest BCUT2D eigenvalue weighted by Crippen LogP contribution is 2.16. The highest BCUT2D eigenvalue weighted by molar-refractivity contribution is 5.94. The SMILES string of the molecule is N#CCCN(C(=O)CN1CCCN(Cc2ccccc2F)CC1)c1ccccc1. The molecule has 0 spiro atoms. The van der Waals surface area contributed by atoms with Crippen molar-refractivity contribution in [2.45, 2.75) is 19.4 Å². The molecule has 1 aliphatic heterocycles. The zero-order valence-corrected chi connectivity index (χ0v) is 16.6. The Hall–Kier alpha value is -2.75. The minimum Gasteiger partial charge on any atom is -0.310 e. The van der Waals surface area contributed by atoms with Gasteiger partial charge in [-0.25, -0.2) is 4.39 Å². The van der Waals surface area contributed by atoms with Crippen LogP contribution in [-0.4, -0.2) is 55.0 Å². The number of hydrogen-bond acceptors (Lipinski definition) is 4. The molecule has 6 heteroatoms. The molecule has 0 unspecified atom stereocenters. The van der Waals surface area contributed by atoms with E-state index in [0.29, 0.717) is 31.6 Å². The number of para-hydroxylation sites is 1. The van der Waals surface area contributed by atoms with Gasteiger partial charge in [-0.2, -0.15) is 5.26 Å². The molecule has 1 amide bonds. The third-order valence-electron chi connectivity index (χ3n) is 5.21. The standard InChI is InChI=1S/C23H27FN4O/c24-22-11-5-4-8-20(22)18-26-13-7-14-27(17-16-26)19-23(29)28(15-6-12-25)21-9-2-1-3-10-21/h1-5,8-11H,6-7,13-19H2. The van der Waals surface area contributed by atoms with E-state index in [-0.39, 0.29) is 11.7 Å². The Labute approximate surface area is 171 Å². The Morgan fingerprint density at radius 1 is 1.00 bits per heavy atom. The molecule has 5 nitrogen and oxygen atoms in total. The van der Waals surface area contributed by atoms with Crippen LogP contribution in [0.25, 0.3) is 0 Å². The average Bonchev–Trinajstić information content (AvgIpc) is 2.96. The fraction of sp³-hybridized carbons (Fsp3) is 0.391. The van der Waals surface area contributed by atoms with Gasteiger partial charge in [-0.05, 0) is 37.7 Å². The molecule has 29 heavy (non-hydrogen) atoms. The number of rotatable bonds is 7. The Balaban J connectivity index is 1.57. The number of anilines is 1. The lowest BCUT2D eigenvalue weighted by Gasteiger charge is -2.26. The lowest BCUT2D eigenvalue weighted by atomic mass is 10.2. The Morgan fingerprint density at radius 2 is 1.69 bits per heavy atom. The Morgan fingerprint density at radius 3 is 2.45 bits per heavy atom. The minimum absolute atomic E-state index is 0.00834. The summed E-state index contributed by atoms with van der Waals surface area (Å²) in [4.78, 5) is 19.1. The molecule has 1 aliphatic rings. The fourth-order valence-corrected chi connectivity index (χ4v) is 3.65. The van der Waals surface area contributed by atoms with Crippen molar-refractivity contribution in [1.29, 1.82) is 5.26 Å². The summed E-state index contributed by atoms with van der Waals surface area (Å²) in [7, 11) is 0. The Bertz CT molecular complexity index is 836. The number of benzene rings is 2. The third kappa shape index (κ3) is 6.11. The molecule has 152 valence electrons. The van der Waals surface area contributed by atoms with Crippen LogP contribution in [0.1, 0.15) is 18.4 Å². The molecule has 0 atom stereocenters. The van der Waals surface area contributed by atoms with Gasteiger partial charge in [-0.15, -0.1) is 0 Å². The maximum absolute atomic E-state index is 13.9. The number of halogens is 1. The first-order chi connectivity index (χ1) is 14.2. The molecule has 0 aromatic heterocycles. The molecular formula is C23H27FN4O. The second-order valence-corrected chi connectivity index (χ2v) is 7.29. The van der Waals surface area contributed by atoms with Crippen molar-refractivity contribution in [3.63, 3.8) is 0 Å². The molecule has 1 saturated heterocycles. The van der Waals surface area contributed by atoms with Gasteiger partial charge in [-0.1, -0.05) is 36.4 Å². The summed E-state index contributed by atoms with van der Waals surface area (Å²) in [6, 6.07) is 18.5. The van der Waals surface area contributed by atoms with Gasteiger partial charge in [0.2, 0.25) is 5.91 Å². The summed E-state index contributed by atoms with van der Waals surface area (Å²) in [5, 5.41) is 8.94. The van der Waals surface area contributed by atoms with Crippen molar-refractivity contribution in [1.82, 2.24) is 9.80 Å². The largest absolute Gasteiger partial charge is 0.310 e. The first kappa shape index (κ1) is 21.0. The van der Waals surface area contributed by atoms with Crippen LogP contribution in [0.5, 0.6) is 0 Å². The zero-order chi connectivity index (χ0) is 20.5. The molecule has 2 aromatic carbocycles. The number of nitriles is 1. The number of carbonyl (C=O) groups excluding carboxylic acids is 1. The van der Waals surface area contributed by atoms with E-state index < -0.39 is 0 Å². The summed E-state index contributed by atoms with van der Waals surface area (Å²) in [5.74, 6) is -0.159. The molecule has 1 fully saturated rings. The van der Waals surface area contributed by atoms with Crippen LogP contribution in [-0.2, 0) is 11.3 Å². The molecular weight excluding hydrogens is 367 g/mol. The van der Waals surface area contributed by atoms with Crippen molar-refractivity contribution in [2.24, 2.45) is 0 Å². The second-order valence-electron chi connectivity index (χ2n) is 7.29. The summed E-state index contributed by atoms with van der Waals surface area (Å²) < 4.78 is 13.9. The van der Waals surface area contributed by atoms with Gasteiger partial charge in [0.15, 0.2) is 0 Å². The van der Waals surface area contributed by atoms with Crippen LogP contribution < -0.4 is 4.90 Å². The van der Waals surface area contributed by atoms with Crippen molar-refractivity contribution in [2.75, 3.05) is 44.2 Å². The highest BCUT2D eigenvalue weighted by Gasteiger charge is 2.21. The van der Waals surface area contributed by atoms with E-state index >= 15 is 0 Å². The van der Waals surface area contributed by atoms with Crippen molar-refractivity contribution >= 4 is 11.6 Å². The normalized spacial score (nSPS) is 15.4. The monoisotopic (exact) mass is 394 g/mol. The third-order valence-corrected chi connectivity index (χ3v) is 5.21. The topological polar surface area (TPSA) is 50.6 Å². The van der Waals surface area contributed by atoms with E-state index in [4.69, 9.17) is 5.26 Å². The lowest BCUT2D eigenvalue weighted by Crippen LogP contribution is -2.42. The van der Waals surface area contributed by atoms with Crippen molar-refractivity contribution in [3.05, 3.63) is 66.0 Å². The van der Waals surface area contributed by atoms with Crippen LogP contribution in [0.4, 0.5) is 10.1 Å². The molecule has 0 N–H and O–H groups in total. The highest BCUT2D eigenvalue weighted by atomic mass is 19.1. The first-order valence-corrected chi connectivity index (χ1v) is 10.1. The quantitative estimate of drug-likeness (QED) is 0.723. The lowest BCUT2D eigenvalue weighted by molar-refractivity contribution is -0.119. The number of hydrogen-bond donors (Lipinski definition) is 0. The number of carbonyl (C=O) groups is 1. The summed E-state index contributed by atoms with van der Waals surface area (Å²) in [6.45, 7) is 4.59. The second kappa shape index (κ2) is 10.7. The molecule has 0 aliphatic carbocycles. The average molecular weight is 394 g/mol. The van der Waals surface area contributed by atoms with Crippen LogP contribution in [0, 0.1) is 17.1 Å². The Kier molecular flexibility index (Phi) is 7.74. The molecule has 0 radical (unpaired) electrons. The summed E-state index contributed by atoms with van der Waals surface area (Å²) in [5.41, 5.74) is 1.53. The van der Waals surface area contributed by atoms with E-state index in [1.165, 1.54) is 6.07 Å². The van der Waals surface area contributed by atoms with E-state index in [9.17, 15) is 9.18 Å². The van der Waals surface area contributed by atoms with Gasteiger partial charge in [0, 0.05) is 37.4 Å².